The molecule has 0 spiro atoms. The Bertz CT molecular complexity index is 220. The van der Waals surface area contributed by atoms with Crippen molar-refractivity contribution in [2.24, 2.45) is 5.92 Å². The molecule has 0 aromatic rings. The maximum absolute atomic E-state index is 11.2. The molecule has 1 rings (SSSR count). The zero-order valence-electron chi connectivity index (χ0n) is 8.23. The van der Waals surface area contributed by atoms with Crippen molar-refractivity contribution in [1.82, 2.24) is 5.32 Å². The predicted octanol–water partition coefficient (Wildman–Crippen LogP) is 1.36. The molecular weight excluding hydrogens is 162 g/mol. The highest BCUT2D eigenvalue weighted by molar-refractivity contribution is 5.80. The first-order chi connectivity index (χ1) is 6.33. The summed E-state index contributed by atoms with van der Waals surface area (Å²) in [7, 11) is 0. The van der Waals surface area contributed by atoms with Gasteiger partial charge in [0.2, 0.25) is 0 Å². The lowest BCUT2D eigenvalue weighted by Gasteiger charge is -2.00. The van der Waals surface area contributed by atoms with Gasteiger partial charge in [-0.15, -0.1) is 11.8 Å². The van der Waals surface area contributed by atoms with E-state index < -0.39 is 0 Å². The monoisotopic (exact) mass is 179 g/mol. The Morgan fingerprint density at radius 2 is 2.31 bits per heavy atom. The molecule has 0 radical (unpaired) electrons. The first kappa shape index (κ1) is 10.3. The Kier molecular flexibility index (Phi) is 4.56. The van der Waals surface area contributed by atoms with Gasteiger partial charge in [-0.25, -0.2) is 0 Å². The van der Waals surface area contributed by atoms with Crippen LogP contribution in [0.5, 0.6) is 0 Å². The van der Waals surface area contributed by atoms with E-state index in [2.05, 4.69) is 17.2 Å². The van der Waals surface area contributed by atoms with E-state index >= 15 is 0 Å². The highest BCUT2D eigenvalue weighted by Gasteiger charge is 2.20. The fourth-order valence-electron chi connectivity index (χ4n) is 1.15. The van der Waals surface area contributed by atoms with Crippen molar-refractivity contribution < 1.29 is 4.79 Å². The molecule has 0 bridgehead atoms. The van der Waals surface area contributed by atoms with Crippen molar-refractivity contribution >= 4 is 5.78 Å². The first-order valence-corrected chi connectivity index (χ1v) is 4.95. The maximum atomic E-state index is 11.2. The van der Waals surface area contributed by atoms with Crippen LogP contribution >= 0.6 is 0 Å². The minimum Gasteiger partial charge on any atom is -0.310 e. The van der Waals surface area contributed by atoms with Crippen LogP contribution < -0.4 is 5.32 Å². The quantitative estimate of drug-likeness (QED) is 0.624. The standard InChI is InChI=1S/C11H17NO/c1-2-3-4-5-11(13)9-12-8-10-6-7-10/h10,12H,4-9H2,1H3. The fourth-order valence-corrected chi connectivity index (χ4v) is 1.15. The van der Waals surface area contributed by atoms with Gasteiger partial charge in [-0.05, 0) is 32.2 Å². The van der Waals surface area contributed by atoms with E-state index in [1.807, 2.05) is 0 Å². The second kappa shape index (κ2) is 5.77. The van der Waals surface area contributed by atoms with Gasteiger partial charge in [0.05, 0.1) is 6.54 Å². The molecule has 1 saturated carbocycles. The van der Waals surface area contributed by atoms with E-state index in [9.17, 15) is 4.79 Å². The van der Waals surface area contributed by atoms with Gasteiger partial charge in [0, 0.05) is 12.8 Å². The summed E-state index contributed by atoms with van der Waals surface area (Å²) in [4.78, 5) is 11.2. The zero-order valence-corrected chi connectivity index (χ0v) is 8.23. The molecule has 1 N–H and O–H groups in total. The molecule has 72 valence electrons. The van der Waals surface area contributed by atoms with E-state index in [0.29, 0.717) is 19.4 Å². The molecule has 0 aromatic carbocycles. The van der Waals surface area contributed by atoms with Gasteiger partial charge in [-0.1, -0.05) is 0 Å². The average molecular weight is 179 g/mol. The molecule has 1 fully saturated rings. The van der Waals surface area contributed by atoms with Gasteiger partial charge in [-0.3, -0.25) is 4.79 Å². The second-order valence-corrected chi connectivity index (χ2v) is 3.54. The van der Waals surface area contributed by atoms with Crippen LogP contribution in [0.4, 0.5) is 0 Å². The summed E-state index contributed by atoms with van der Waals surface area (Å²) in [6.07, 6.45) is 3.98. The molecule has 0 saturated heterocycles. The van der Waals surface area contributed by atoms with Crippen LogP contribution in [-0.4, -0.2) is 18.9 Å². The SMILES string of the molecule is CC#CCCC(=O)CNCC1CC1. The van der Waals surface area contributed by atoms with Crippen molar-refractivity contribution in [2.45, 2.75) is 32.6 Å². The number of Topliss-reactive ketones (excluding diaryl/α,β-unsaturated/α-hetero) is 1. The smallest absolute Gasteiger partial charge is 0.147 e. The predicted molar refractivity (Wildman–Crippen MR) is 53.3 cm³/mol. The minimum atomic E-state index is 0.281. The molecule has 0 atom stereocenters. The highest BCUT2D eigenvalue weighted by Crippen LogP contribution is 2.27. The van der Waals surface area contributed by atoms with E-state index in [1.165, 1.54) is 12.8 Å². The maximum Gasteiger partial charge on any atom is 0.147 e. The van der Waals surface area contributed by atoms with Gasteiger partial charge < -0.3 is 5.32 Å². The molecule has 0 aliphatic heterocycles. The summed E-state index contributed by atoms with van der Waals surface area (Å²) in [5.41, 5.74) is 0. The number of rotatable bonds is 6. The van der Waals surface area contributed by atoms with Crippen LogP contribution in [0.25, 0.3) is 0 Å². The third-order valence-electron chi connectivity index (χ3n) is 2.16. The molecule has 13 heavy (non-hydrogen) atoms. The Morgan fingerprint density at radius 3 is 2.92 bits per heavy atom. The van der Waals surface area contributed by atoms with Crippen LogP contribution in [-0.2, 0) is 4.79 Å². The van der Waals surface area contributed by atoms with E-state index in [0.717, 1.165) is 12.5 Å². The van der Waals surface area contributed by atoms with Gasteiger partial charge in [0.25, 0.3) is 0 Å². The lowest BCUT2D eigenvalue weighted by molar-refractivity contribution is -0.118. The average Bonchev–Trinajstić information content (AvgIpc) is 2.89. The number of nitrogens with one attached hydrogen (secondary N) is 1. The summed E-state index contributed by atoms with van der Waals surface area (Å²) in [6, 6.07) is 0. The van der Waals surface area contributed by atoms with E-state index in [4.69, 9.17) is 0 Å². The van der Waals surface area contributed by atoms with Gasteiger partial charge in [-0.2, -0.15) is 0 Å². The number of carbonyl (C=O) groups is 1. The Balaban J connectivity index is 1.92. The Hall–Kier alpha value is -0.810. The largest absolute Gasteiger partial charge is 0.310 e. The summed E-state index contributed by atoms with van der Waals surface area (Å²) < 4.78 is 0. The molecule has 0 amide bonds. The van der Waals surface area contributed by atoms with Crippen LogP contribution in [0.15, 0.2) is 0 Å². The molecule has 2 nitrogen and oxygen atoms in total. The second-order valence-electron chi connectivity index (χ2n) is 3.54. The zero-order chi connectivity index (χ0) is 9.52. The Morgan fingerprint density at radius 1 is 1.54 bits per heavy atom. The van der Waals surface area contributed by atoms with Crippen molar-refractivity contribution in [3.8, 4) is 11.8 Å². The summed E-state index contributed by atoms with van der Waals surface area (Å²) in [5.74, 6) is 6.81. The van der Waals surface area contributed by atoms with Crippen molar-refractivity contribution in [2.75, 3.05) is 13.1 Å². The molecule has 0 aromatic heterocycles. The van der Waals surface area contributed by atoms with Crippen LogP contribution in [0.3, 0.4) is 0 Å². The normalized spacial score (nSPS) is 14.8. The topological polar surface area (TPSA) is 29.1 Å². The van der Waals surface area contributed by atoms with Gasteiger partial charge >= 0.3 is 0 Å². The number of hydrogen-bond donors (Lipinski definition) is 1. The van der Waals surface area contributed by atoms with E-state index in [-0.39, 0.29) is 5.78 Å². The van der Waals surface area contributed by atoms with Crippen molar-refractivity contribution in [1.29, 1.82) is 0 Å². The number of ketones is 1. The molecule has 1 aliphatic rings. The highest BCUT2D eigenvalue weighted by atomic mass is 16.1. The summed E-state index contributed by atoms with van der Waals surface area (Å²) >= 11 is 0. The fraction of sp³-hybridized carbons (Fsp3) is 0.727. The molecular formula is C11H17NO. The molecule has 0 unspecified atom stereocenters. The van der Waals surface area contributed by atoms with E-state index in [1.54, 1.807) is 6.92 Å². The van der Waals surface area contributed by atoms with Crippen molar-refractivity contribution in [3.63, 3.8) is 0 Å². The summed E-state index contributed by atoms with van der Waals surface area (Å²) in [6.45, 7) is 3.35. The third kappa shape index (κ3) is 5.43. The lowest BCUT2D eigenvalue weighted by atomic mass is 10.2. The van der Waals surface area contributed by atoms with Crippen LogP contribution in [0.1, 0.15) is 32.6 Å². The number of hydrogen-bond acceptors (Lipinski definition) is 2. The lowest BCUT2D eigenvalue weighted by Crippen LogP contribution is -2.24. The third-order valence-corrected chi connectivity index (χ3v) is 2.16. The number of carbonyl (C=O) groups excluding carboxylic acids is 1. The van der Waals surface area contributed by atoms with Crippen molar-refractivity contribution in [3.05, 3.63) is 0 Å². The molecule has 1 aliphatic carbocycles. The Labute approximate surface area is 80.1 Å². The van der Waals surface area contributed by atoms with Gasteiger partial charge in [0.15, 0.2) is 0 Å². The minimum absolute atomic E-state index is 0.281. The van der Waals surface area contributed by atoms with Crippen LogP contribution in [0, 0.1) is 17.8 Å². The van der Waals surface area contributed by atoms with Crippen LogP contribution in [0.2, 0.25) is 0 Å². The summed E-state index contributed by atoms with van der Waals surface area (Å²) in [5, 5.41) is 3.18. The molecule has 0 heterocycles. The first-order valence-electron chi connectivity index (χ1n) is 4.95. The van der Waals surface area contributed by atoms with Gasteiger partial charge in [0.1, 0.15) is 5.78 Å². The molecule has 2 heteroatoms.